The zero-order valence-electron chi connectivity index (χ0n) is 16.4. The number of piperidine rings is 1. The first-order chi connectivity index (χ1) is 13.5. The molecule has 2 fully saturated rings. The minimum absolute atomic E-state index is 0.199. The van der Waals surface area contributed by atoms with E-state index in [0.29, 0.717) is 50.5 Å². The molecule has 28 heavy (non-hydrogen) atoms. The Morgan fingerprint density at radius 2 is 1.86 bits per heavy atom. The van der Waals surface area contributed by atoms with Crippen LogP contribution in [-0.2, 0) is 14.4 Å². The number of fused-ring (bicyclic) bond motifs is 1. The molecule has 1 saturated carbocycles. The molecule has 150 valence electrons. The Bertz CT molecular complexity index is 764. The molecule has 1 atom stereocenters. The highest BCUT2D eigenvalue weighted by Crippen LogP contribution is 2.43. The molecule has 2 heterocycles. The third-order valence-electron chi connectivity index (χ3n) is 5.48. The zero-order valence-corrected chi connectivity index (χ0v) is 16.4. The first kappa shape index (κ1) is 20.1. The number of imide groups is 1. The lowest BCUT2D eigenvalue weighted by molar-refractivity contribution is -0.134. The third kappa shape index (κ3) is 4.26. The second kappa shape index (κ2) is 9.04. The Morgan fingerprint density at radius 1 is 1.14 bits per heavy atom. The van der Waals surface area contributed by atoms with Crippen molar-refractivity contribution in [2.24, 2.45) is 0 Å². The van der Waals surface area contributed by atoms with E-state index < -0.39 is 0 Å². The van der Waals surface area contributed by atoms with Crippen LogP contribution in [0.5, 0.6) is 5.75 Å². The molecule has 0 aromatic heterocycles. The Morgan fingerprint density at radius 3 is 2.54 bits per heavy atom. The molecule has 0 bridgehead atoms. The molecule has 1 saturated heterocycles. The fourth-order valence-electron chi connectivity index (χ4n) is 4.17. The van der Waals surface area contributed by atoms with Crippen molar-refractivity contribution < 1.29 is 19.1 Å². The van der Waals surface area contributed by atoms with E-state index in [0.717, 1.165) is 29.8 Å². The maximum atomic E-state index is 12.3. The molecule has 2 aliphatic heterocycles. The number of rotatable bonds is 2. The van der Waals surface area contributed by atoms with E-state index in [4.69, 9.17) is 4.74 Å². The molecule has 3 aliphatic rings. The second-order valence-corrected chi connectivity index (χ2v) is 7.43. The molecule has 1 aliphatic carbocycles. The van der Waals surface area contributed by atoms with E-state index in [2.05, 4.69) is 22.9 Å². The van der Waals surface area contributed by atoms with Crippen LogP contribution in [0.3, 0.4) is 0 Å². The van der Waals surface area contributed by atoms with Gasteiger partial charge in [0.2, 0.25) is 11.8 Å². The van der Waals surface area contributed by atoms with Crippen LogP contribution in [0, 0.1) is 0 Å². The summed E-state index contributed by atoms with van der Waals surface area (Å²) < 4.78 is 5.99. The quantitative estimate of drug-likeness (QED) is 0.626. The van der Waals surface area contributed by atoms with Gasteiger partial charge in [-0.2, -0.15) is 0 Å². The lowest BCUT2D eigenvalue weighted by atomic mass is 9.82. The van der Waals surface area contributed by atoms with Gasteiger partial charge in [0.05, 0.1) is 12.2 Å². The minimum Gasteiger partial charge on any atom is -0.489 e. The summed E-state index contributed by atoms with van der Waals surface area (Å²) in [6.45, 7) is 6.40. The van der Waals surface area contributed by atoms with Crippen molar-refractivity contribution in [3.8, 4) is 5.75 Å². The number of nitrogens with zero attached hydrogens (tertiary/aromatic N) is 1. The van der Waals surface area contributed by atoms with Gasteiger partial charge in [0.15, 0.2) is 0 Å². The summed E-state index contributed by atoms with van der Waals surface area (Å²) in [6.07, 6.45) is 5.63. The van der Waals surface area contributed by atoms with Crippen LogP contribution in [0.1, 0.15) is 56.9 Å². The molecular weight excluding hydrogens is 356 g/mol. The minimum atomic E-state index is -0.330. The van der Waals surface area contributed by atoms with Gasteiger partial charge in [-0.3, -0.25) is 19.7 Å². The van der Waals surface area contributed by atoms with Crippen molar-refractivity contribution in [2.75, 3.05) is 18.1 Å². The fraction of sp³-hybridized carbons (Fsp3) is 0.500. The van der Waals surface area contributed by atoms with Crippen LogP contribution >= 0.6 is 0 Å². The van der Waals surface area contributed by atoms with Gasteiger partial charge in [-0.25, -0.2) is 0 Å². The monoisotopic (exact) mass is 384 g/mol. The zero-order chi connectivity index (χ0) is 20.1. The largest absolute Gasteiger partial charge is 0.489 e. The molecule has 4 rings (SSSR count). The molecule has 1 unspecified atom stereocenters. The summed E-state index contributed by atoms with van der Waals surface area (Å²) in [7, 11) is 0. The number of carbonyl (C=O) groups is 3. The number of anilines is 1. The third-order valence-corrected chi connectivity index (χ3v) is 5.48. The van der Waals surface area contributed by atoms with Crippen LogP contribution in [0.25, 0.3) is 0 Å². The maximum Gasteiger partial charge on any atom is 0.249 e. The summed E-state index contributed by atoms with van der Waals surface area (Å²) >= 11 is 0. The van der Waals surface area contributed by atoms with Crippen LogP contribution in [-0.4, -0.2) is 36.8 Å². The lowest BCUT2D eigenvalue weighted by Crippen LogP contribution is -2.54. The molecule has 6 heteroatoms. The van der Waals surface area contributed by atoms with Crippen molar-refractivity contribution in [3.05, 3.63) is 36.4 Å². The topological polar surface area (TPSA) is 75.7 Å². The number of allylic oxidation sites excluding steroid dienone is 1. The van der Waals surface area contributed by atoms with Crippen molar-refractivity contribution in [3.63, 3.8) is 0 Å². The van der Waals surface area contributed by atoms with Crippen molar-refractivity contribution >= 4 is 23.3 Å². The first-order valence-electron chi connectivity index (χ1n) is 10.00. The average Bonchev–Trinajstić information content (AvgIpc) is 2.69. The van der Waals surface area contributed by atoms with Crippen molar-refractivity contribution in [1.82, 2.24) is 5.32 Å². The van der Waals surface area contributed by atoms with Crippen LogP contribution in [0.2, 0.25) is 0 Å². The molecule has 1 aromatic rings. The number of para-hydroxylation sites is 1. The van der Waals surface area contributed by atoms with Crippen molar-refractivity contribution in [2.45, 2.75) is 57.4 Å². The highest BCUT2D eigenvalue weighted by atomic mass is 16.5. The smallest absolute Gasteiger partial charge is 0.249 e. The van der Waals surface area contributed by atoms with Crippen molar-refractivity contribution in [1.29, 1.82) is 0 Å². The van der Waals surface area contributed by atoms with Gasteiger partial charge in [-0.05, 0) is 43.7 Å². The Balaban J connectivity index is 0.000000706. The van der Waals surface area contributed by atoms with Gasteiger partial charge in [0.1, 0.15) is 24.2 Å². The molecule has 6 nitrogen and oxygen atoms in total. The second-order valence-electron chi connectivity index (χ2n) is 7.43. The number of hydrogen-bond acceptors (Lipinski definition) is 5. The predicted molar refractivity (Wildman–Crippen MR) is 108 cm³/mol. The summed E-state index contributed by atoms with van der Waals surface area (Å²) in [4.78, 5) is 37.3. The van der Waals surface area contributed by atoms with Crippen LogP contribution in [0.15, 0.2) is 30.9 Å². The van der Waals surface area contributed by atoms with E-state index in [-0.39, 0.29) is 17.9 Å². The molecular formula is C22H28N2O4. The number of hydrogen-bond donors (Lipinski definition) is 1. The standard InChI is InChI=1S/C19H22N2O4.C3H6/c22-13-6-4-12(5-7-13)14-2-1-3-15-18(14)25-11-10-21(15)16-8-9-17(23)20-19(16)24;1-3-2/h1-3,12,16H,4-11H2,(H,20,23,24);3H,1H2,2H3. The van der Waals surface area contributed by atoms with Gasteiger partial charge >= 0.3 is 0 Å². The number of ketones is 1. The lowest BCUT2D eigenvalue weighted by Gasteiger charge is -2.39. The predicted octanol–water partition coefficient (Wildman–Crippen LogP) is 3.11. The fourth-order valence-corrected chi connectivity index (χ4v) is 4.17. The summed E-state index contributed by atoms with van der Waals surface area (Å²) in [5.74, 6) is 1.09. The van der Waals surface area contributed by atoms with Gasteiger partial charge in [-0.1, -0.05) is 18.2 Å². The molecule has 2 amide bonds. The number of benzene rings is 1. The van der Waals surface area contributed by atoms with Crippen LogP contribution < -0.4 is 15.0 Å². The number of carbonyl (C=O) groups excluding carboxylic acids is 3. The number of nitrogens with one attached hydrogen (secondary N) is 1. The van der Waals surface area contributed by atoms with E-state index >= 15 is 0 Å². The van der Waals surface area contributed by atoms with E-state index in [1.165, 1.54) is 0 Å². The maximum absolute atomic E-state index is 12.3. The highest BCUT2D eigenvalue weighted by molar-refractivity contribution is 6.02. The number of ether oxygens (including phenoxy) is 1. The number of amides is 2. The Kier molecular flexibility index (Phi) is 6.49. The van der Waals surface area contributed by atoms with Gasteiger partial charge in [0, 0.05) is 19.3 Å². The van der Waals surface area contributed by atoms with Gasteiger partial charge in [-0.15, -0.1) is 6.58 Å². The summed E-state index contributed by atoms with van der Waals surface area (Å²) in [5.41, 5.74) is 2.07. The van der Waals surface area contributed by atoms with Gasteiger partial charge < -0.3 is 9.64 Å². The van der Waals surface area contributed by atoms with E-state index in [9.17, 15) is 14.4 Å². The average molecular weight is 384 g/mol. The summed E-state index contributed by atoms with van der Waals surface area (Å²) in [6, 6.07) is 5.73. The first-order valence-corrected chi connectivity index (χ1v) is 10.00. The SMILES string of the molecule is C=CC.O=C1CCC(c2cccc3c2OCCN3C2CCC(=O)NC2=O)CC1. The molecule has 1 aromatic carbocycles. The number of Topliss-reactive ketones (excluding diaryl/α,β-unsaturated/α-hetero) is 1. The Labute approximate surface area is 165 Å². The van der Waals surface area contributed by atoms with E-state index in [1.54, 1.807) is 6.08 Å². The summed E-state index contributed by atoms with van der Waals surface area (Å²) in [5, 5.41) is 2.44. The molecule has 0 radical (unpaired) electrons. The molecule has 1 N–H and O–H groups in total. The van der Waals surface area contributed by atoms with Gasteiger partial charge in [0.25, 0.3) is 0 Å². The highest BCUT2D eigenvalue weighted by Gasteiger charge is 2.36. The molecule has 0 spiro atoms. The normalized spacial score (nSPS) is 22.4. The van der Waals surface area contributed by atoms with Crippen LogP contribution in [0.4, 0.5) is 5.69 Å². The van der Waals surface area contributed by atoms with E-state index in [1.807, 2.05) is 19.1 Å². The Hall–Kier alpha value is -2.63.